The molecule has 1 atom stereocenters. The average Bonchev–Trinajstić information content (AvgIpc) is 3.33. The van der Waals surface area contributed by atoms with E-state index in [1.165, 1.54) is 6.33 Å². The van der Waals surface area contributed by atoms with Gasteiger partial charge in [0, 0.05) is 11.9 Å². The fourth-order valence-corrected chi connectivity index (χ4v) is 3.77. The number of esters is 1. The van der Waals surface area contributed by atoms with E-state index in [1.807, 2.05) is 13.0 Å². The molecule has 9 nitrogen and oxygen atoms in total. The number of aromatic nitrogens is 4. The molecule has 0 fully saturated rings. The average molecular weight is 452 g/mol. The molecule has 0 bridgehead atoms. The zero-order chi connectivity index (χ0) is 23.5. The number of hydrogen-bond acceptors (Lipinski definition) is 7. The highest BCUT2D eigenvalue weighted by Gasteiger charge is 2.33. The predicted molar refractivity (Wildman–Crippen MR) is 125 cm³/mol. The lowest BCUT2D eigenvalue weighted by Gasteiger charge is -2.28. The van der Waals surface area contributed by atoms with Gasteiger partial charge < -0.3 is 15.4 Å². The van der Waals surface area contributed by atoms with Crippen molar-refractivity contribution < 1.29 is 14.3 Å². The maximum Gasteiger partial charge on any atom is 0.343 e. The van der Waals surface area contributed by atoms with Crippen molar-refractivity contribution in [2.75, 3.05) is 10.6 Å². The molecule has 0 saturated heterocycles. The lowest BCUT2D eigenvalue weighted by molar-refractivity contribution is -0.113. The molecule has 2 aromatic carbocycles. The van der Waals surface area contributed by atoms with E-state index in [0.717, 1.165) is 5.56 Å². The summed E-state index contributed by atoms with van der Waals surface area (Å²) < 4.78 is 7.13. The van der Waals surface area contributed by atoms with Crippen molar-refractivity contribution in [3.8, 4) is 5.75 Å². The standard InChI is InChI=1S/C25H20N6O3/c1-16-21(23(32)30-20-9-5-6-14-26-20)22(31-25(29-16)27-15-28-31)17-10-12-19(13-11-17)34-24(33)18-7-3-2-4-8-18/h2-15,22H,1H3,(H,26,30,32)(H,27,28,29)/t22-/m0/s1. The number of anilines is 2. The Bertz CT molecular complexity index is 1360. The molecule has 0 spiro atoms. The van der Waals surface area contributed by atoms with Crippen molar-refractivity contribution >= 4 is 23.6 Å². The van der Waals surface area contributed by atoms with Gasteiger partial charge in [0.15, 0.2) is 0 Å². The van der Waals surface area contributed by atoms with Gasteiger partial charge in [0.1, 0.15) is 23.9 Å². The van der Waals surface area contributed by atoms with Crippen molar-refractivity contribution in [1.82, 2.24) is 19.7 Å². The monoisotopic (exact) mass is 452 g/mol. The van der Waals surface area contributed by atoms with Crippen molar-refractivity contribution in [2.45, 2.75) is 13.0 Å². The molecule has 2 N–H and O–H groups in total. The first-order chi connectivity index (χ1) is 16.6. The highest BCUT2D eigenvalue weighted by atomic mass is 16.5. The fraction of sp³-hybridized carbons (Fsp3) is 0.0800. The van der Waals surface area contributed by atoms with E-state index >= 15 is 0 Å². The third kappa shape index (κ3) is 4.14. The highest BCUT2D eigenvalue weighted by molar-refractivity contribution is 6.05. The quantitative estimate of drug-likeness (QED) is 0.350. The molecule has 1 amide bonds. The number of nitrogens with zero attached hydrogens (tertiary/aromatic N) is 4. The van der Waals surface area contributed by atoms with Gasteiger partial charge in [0.05, 0.1) is 11.1 Å². The van der Waals surface area contributed by atoms with Gasteiger partial charge in [-0.3, -0.25) is 4.79 Å². The second kappa shape index (κ2) is 8.99. The van der Waals surface area contributed by atoms with Crippen molar-refractivity contribution in [3.63, 3.8) is 0 Å². The minimum absolute atomic E-state index is 0.311. The number of ether oxygens (including phenoxy) is 1. The molecule has 0 aliphatic carbocycles. The van der Waals surface area contributed by atoms with Crippen LogP contribution in [-0.2, 0) is 4.79 Å². The van der Waals surface area contributed by atoms with Gasteiger partial charge in [-0.2, -0.15) is 10.1 Å². The SMILES string of the molecule is CC1=C(C(=O)Nc2ccccn2)[C@H](c2ccc(OC(=O)c3ccccc3)cc2)n2ncnc2N1. The largest absolute Gasteiger partial charge is 0.423 e. The van der Waals surface area contributed by atoms with Crippen molar-refractivity contribution in [2.24, 2.45) is 0 Å². The van der Waals surface area contributed by atoms with E-state index in [4.69, 9.17) is 4.74 Å². The van der Waals surface area contributed by atoms with Crippen LogP contribution in [0.3, 0.4) is 0 Å². The number of benzene rings is 2. The maximum absolute atomic E-state index is 13.3. The number of amides is 1. The summed E-state index contributed by atoms with van der Waals surface area (Å²) in [6.45, 7) is 1.81. The smallest absolute Gasteiger partial charge is 0.343 e. The molecule has 4 aromatic rings. The number of fused-ring (bicyclic) bond motifs is 1. The summed E-state index contributed by atoms with van der Waals surface area (Å²) in [7, 11) is 0. The van der Waals surface area contributed by atoms with Crippen LogP contribution in [-0.4, -0.2) is 31.6 Å². The third-order valence-corrected chi connectivity index (χ3v) is 5.36. The van der Waals surface area contributed by atoms with E-state index in [9.17, 15) is 9.59 Å². The molecular weight excluding hydrogens is 432 g/mol. The molecule has 5 rings (SSSR count). The second-order valence-electron chi connectivity index (χ2n) is 7.59. The maximum atomic E-state index is 13.3. The molecule has 168 valence electrons. The topological polar surface area (TPSA) is 111 Å². The molecule has 1 aliphatic rings. The van der Waals surface area contributed by atoms with E-state index in [-0.39, 0.29) is 5.91 Å². The summed E-state index contributed by atoms with van der Waals surface area (Å²) in [6, 6.07) is 20.5. The second-order valence-corrected chi connectivity index (χ2v) is 7.59. The summed E-state index contributed by atoms with van der Waals surface area (Å²) in [5.74, 6) is 0.607. The van der Waals surface area contributed by atoms with Crippen LogP contribution >= 0.6 is 0 Å². The van der Waals surface area contributed by atoms with E-state index in [1.54, 1.807) is 77.6 Å². The third-order valence-electron chi connectivity index (χ3n) is 5.36. The minimum Gasteiger partial charge on any atom is -0.423 e. The van der Waals surface area contributed by atoms with E-state index < -0.39 is 12.0 Å². The molecular formula is C25H20N6O3. The molecule has 34 heavy (non-hydrogen) atoms. The molecule has 1 aliphatic heterocycles. The first-order valence-electron chi connectivity index (χ1n) is 10.6. The van der Waals surface area contributed by atoms with Crippen LogP contribution in [0.1, 0.15) is 28.9 Å². The first-order valence-corrected chi connectivity index (χ1v) is 10.6. The summed E-state index contributed by atoms with van der Waals surface area (Å²) in [4.78, 5) is 34.1. The Kier molecular flexibility index (Phi) is 5.57. The Morgan fingerprint density at radius 3 is 2.47 bits per heavy atom. The zero-order valence-electron chi connectivity index (χ0n) is 18.2. The van der Waals surface area contributed by atoms with Crippen molar-refractivity contribution in [1.29, 1.82) is 0 Å². The van der Waals surface area contributed by atoms with Gasteiger partial charge >= 0.3 is 5.97 Å². The van der Waals surface area contributed by atoms with Crippen LogP contribution in [0.2, 0.25) is 0 Å². The number of rotatable bonds is 5. The molecule has 2 aromatic heterocycles. The molecule has 3 heterocycles. The Balaban J connectivity index is 1.44. The number of carbonyl (C=O) groups is 2. The molecule has 0 radical (unpaired) electrons. The lowest BCUT2D eigenvalue weighted by Crippen LogP contribution is -2.31. The van der Waals surface area contributed by atoms with Gasteiger partial charge in [0.2, 0.25) is 5.95 Å². The van der Waals surface area contributed by atoms with E-state index in [2.05, 4.69) is 25.7 Å². The zero-order valence-corrected chi connectivity index (χ0v) is 18.2. The Morgan fingerprint density at radius 2 is 1.74 bits per heavy atom. The predicted octanol–water partition coefficient (Wildman–Crippen LogP) is 3.82. The number of carbonyl (C=O) groups excluding carboxylic acids is 2. The summed E-state index contributed by atoms with van der Waals surface area (Å²) in [6.07, 6.45) is 3.04. The lowest BCUT2D eigenvalue weighted by atomic mass is 9.95. The van der Waals surface area contributed by atoms with Gasteiger partial charge in [-0.15, -0.1) is 0 Å². The van der Waals surface area contributed by atoms with Crippen LogP contribution in [0.15, 0.2) is 96.6 Å². The number of pyridine rings is 1. The van der Waals surface area contributed by atoms with Gasteiger partial charge in [0.25, 0.3) is 5.91 Å². The minimum atomic E-state index is -0.540. The number of nitrogens with one attached hydrogen (secondary N) is 2. The first kappa shape index (κ1) is 21.1. The van der Waals surface area contributed by atoms with Crippen LogP contribution in [0.25, 0.3) is 0 Å². The van der Waals surface area contributed by atoms with Gasteiger partial charge in [-0.25, -0.2) is 14.5 Å². The fourth-order valence-electron chi connectivity index (χ4n) is 3.77. The Hall–Kier alpha value is -4.79. The highest BCUT2D eigenvalue weighted by Crippen LogP contribution is 2.35. The normalized spacial score (nSPS) is 14.7. The van der Waals surface area contributed by atoms with Gasteiger partial charge in [-0.1, -0.05) is 36.4 Å². The Labute approximate surface area is 195 Å². The number of hydrogen-bond donors (Lipinski definition) is 2. The van der Waals surface area contributed by atoms with Crippen LogP contribution in [0.4, 0.5) is 11.8 Å². The summed E-state index contributed by atoms with van der Waals surface area (Å²) in [5.41, 5.74) is 2.36. The van der Waals surface area contributed by atoms with Gasteiger partial charge in [-0.05, 0) is 48.9 Å². The van der Waals surface area contributed by atoms with Crippen LogP contribution in [0, 0.1) is 0 Å². The molecule has 0 saturated carbocycles. The summed E-state index contributed by atoms with van der Waals surface area (Å²) >= 11 is 0. The van der Waals surface area contributed by atoms with Crippen LogP contribution < -0.4 is 15.4 Å². The van der Waals surface area contributed by atoms with Crippen molar-refractivity contribution in [3.05, 3.63) is 108 Å². The number of allylic oxidation sites excluding steroid dienone is 1. The summed E-state index contributed by atoms with van der Waals surface area (Å²) in [5, 5.41) is 10.3. The molecule has 0 unspecified atom stereocenters. The Morgan fingerprint density at radius 1 is 0.971 bits per heavy atom. The van der Waals surface area contributed by atoms with Crippen LogP contribution in [0.5, 0.6) is 5.75 Å². The molecule has 9 heteroatoms. The van der Waals surface area contributed by atoms with E-state index in [0.29, 0.717) is 34.3 Å².